The van der Waals surface area contributed by atoms with Gasteiger partial charge in [-0.05, 0) is 18.2 Å². The number of ether oxygens (including phenoxy) is 1. The number of alkyl halides is 2. The largest absolute Gasteiger partial charge is 0.480 e. The molecule has 0 amide bonds. The van der Waals surface area contributed by atoms with E-state index in [0.29, 0.717) is 10.6 Å². The molecule has 1 heterocycles. The van der Waals surface area contributed by atoms with Crippen LogP contribution in [0.15, 0.2) is 18.2 Å². The Labute approximate surface area is 96.2 Å². The van der Waals surface area contributed by atoms with Gasteiger partial charge in [0.2, 0.25) is 0 Å². The third kappa shape index (κ3) is 1.78. The summed E-state index contributed by atoms with van der Waals surface area (Å²) >= 11 is 5.73. The highest BCUT2D eigenvalue weighted by Gasteiger charge is 2.41. The van der Waals surface area contributed by atoms with E-state index in [4.69, 9.17) is 16.3 Å². The van der Waals surface area contributed by atoms with Crippen LogP contribution in [0.3, 0.4) is 0 Å². The lowest BCUT2D eigenvalue weighted by Crippen LogP contribution is -2.46. The van der Waals surface area contributed by atoms with Crippen molar-refractivity contribution in [2.75, 3.05) is 13.3 Å². The van der Waals surface area contributed by atoms with Crippen LogP contribution < -0.4 is 4.74 Å². The molecule has 0 spiro atoms. The third-order valence-corrected chi connectivity index (χ3v) is 2.78. The van der Waals surface area contributed by atoms with E-state index in [-0.39, 0.29) is 18.0 Å². The summed E-state index contributed by atoms with van der Waals surface area (Å²) in [6.07, 6.45) is -0.283. The number of Topliss-reactive ketones (excluding diaryl/α,β-unsaturated/α-hetero) is 1. The van der Waals surface area contributed by atoms with E-state index >= 15 is 0 Å². The Morgan fingerprint density at radius 3 is 2.69 bits per heavy atom. The number of hydrogen-bond donors (Lipinski definition) is 0. The molecule has 0 aliphatic carbocycles. The average molecular weight is 247 g/mol. The van der Waals surface area contributed by atoms with E-state index in [1.807, 2.05) is 0 Å². The van der Waals surface area contributed by atoms with Crippen molar-refractivity contribution < 1.29 is 18.3 Å². The number of carbonyl (C=O) groups is 1. The second-order valence-electron chi connectivity index (χ2n) is 3.79. The molecule has 0 atom stereocenters. The summed E-state index contributed by atoms with van der Waals surface area (Å²) in [4.78, 5) is 11.7. The number of carbonyl (C=O) groups excluding carboxylic acids is 1. The number of hydrogen-bond acceptors (Lipinski definition) is 2. The van der Waals surface area contributed by atoms with E-state index in [1.165, 1.54) is 12.1 Å². The predicted octanol–water partition coefficient (Wildman–Crippen LogP) is 2.98. The molecule has 2 nitrogen and oxygen atoms in total. The highest BCUT2D eigenvalue weighted by Crippen LogP contribution is 2.35. The Hall–Kier alpha value is -1.16. The number of fused-ring (bicyclic) bond motifs is 1. The first-order chi connectivity index (χ1) is 7.60. The lowest BCUT2D eigenvalue weighted by molar-refractivity contribution is 0.00432. The van der Waals surface area contributed by atoms with Crippen molar-refractivity contribution in [2.24, 2.45) is 0 Å². The quantitative estimate of drug-likeness (QED) is 0.802. The van der Waals surface area contributed by atoms with Gasteiger partial charge in [-0.3, -0.25) is 4.79 Å². The summed E-state index contributed by atoms with van der Waals surface area (Å²) in [5, 5.41) is 0.361. The van der Waals surface area contributed by atoms with Crippen LogP contribution in [0, 0.1) is 0 Å². The second kappa shape index (κ2) is 4.01. The Morgan fingerprint density at radius 1 is 1.38 bits per heavy atom. The van der Waals surface area contributed by atoms with Crippen LogP contribution in [-0.4, -0.2) is 24.7 Å². The highest BCUT2D eigenvalue weighted by atomic mass is 35.5. The Kier molecular flexibility index (Phi) is 2.84. The zero-order chi connectivity index (χ0) is 11.8. The summed E-state index contributed by atoms with van der Waals surface area (Å²) in [6.45, 7) is -2.08. The Morgan fingerprint density at radius 2 is 2.06 bits per heavy atom. The molecule has 0 fully saturated rings. The topological polar surface area (TPSA) is 26.3 Å². The van der Waals surface area contributed by atoms with Gasteiger partial charge in [0.1, 0.15) is 19.1 Å². The normalized spacial score (nSPS) is 17.8. The molecule has 0 unspecified atom stereocenters. The van der Waals surface area contributed by atoms with Gasteiger partial charge in [-0.1, -0.05) is 11.6 Å². The van der Waals surface area contributed by atoms with Crippen LogP contribution in [-0.2, 0) is 0 Å². The summed E-state index contributed by atoms with van der Waals surface area (Å²) in [5.74, 6) is -0.174. The zero-order valence-electron chi connectivity index (χ0n) is 8.30. The van der Waals surface area contributed by atoms with Gasteiger partial charge in [0, 0.05) is 5.02 Å². The molecular formula is C11H9ClF2O2. The van der Waals surface area contributed by atoms with Crippen LogP contribution in [0.5, 0.6) is 5.75 Å². The second-order valence-corrected chi connectivity index (χ2v) is 4.23. The zero-order valence-corrected chi connectivity index (χ0v) is 9.06. The minimum atomic E-state index is -1.67. The molecule has 1 aromatic carbocycles. The van der Waals surface area contributed by atoms with Crippen molar-refractivity contribution in [3.8, 4) is 5.75 Å². The van der Waals surface area contributed by atoms with Gasteiger partial charge in [0.05, 0.1) is 12.0 Å². The molecule has 1 aromatic rings. The van der Waals surface area contributed by atoms with Crippen LogP contribution in [0.4, 0.5) is 8.78 Å². The maximum atomic E-state index is 12.8. The third-order valence-electron chi connectivity index (χ3n) is 2.54. The number of rotatable bonds is 2. The first-order valence-corrected chi connectivity index (χ1v) is 5.12. The molecular weight excluding hydrogens is 238 g/mol. The molecule has 0 radical (unpaired) electrons. The van der Waals surface area contributed by atoms with Gasteiger partial charge in [-0.15, -0.1) is 0 Å². The number of benzene rings is 1. The average Bonchev–Trinajstić information content (AvgIpc) is 2.28. The molecule has 0 saturated heterocycles. The summed E-state index contributed by atoms with van der Waals surface area (Å²) < 4.78 is 30.7. The van der Waals surface area contributed by atoms with Crippen molar-refractivity contribution >= 4 is 17.4 Å². The fraction of sp³-hybridized carbons (Fsp3) is 0.364. The maximum absolute atomic E-state index is 12.8. The van der Waals surface area contributed by atoms with E-state index < -0.39 is 19.0 Å². The molecule has 1 aliphatic rings. The molecule has 1 aliphatic heterocycles. The van der Waals surface area contributed by atoms with Crippen molar-refractivity contribution in [3.63, 3.8) is 0 Å². The summed E-state index contributed by atoms with van der Waals surface area (Å²) in [5.41, 5.74) is -1.35. The van der Waals surface area contributed by atoms with E-state index in [1.54, 1.807) is 6.07 Å². The minimum absolute atomic E-state index is 0.152. The fourth-order valence-electron chi connectivity index (χ4n) is 1.65. The molecule has 0 N–H and O–H groups in total. The lowest BCUT2D eigenvalue weighted by Gasteiger charge is -2.33. The molecule has 16 heavy (non-hydrogen) atoms. The molecule has 0 saturated carbocycles. The molecule has 0 bridgehead atoms. The van der Waals surface area contributed by atoms with E-state index in [9.17, 15) is 13.6 Å². The van der Waals surface area contributed by atoms with Gasteiger partial charge >= 0.3 is 0 Å². The molecule has 86 valence electrons. The molecule has 5 heteroatoms. The van der Waals surface area contributed by atoms with Crippen molar-refractivity contribution in [2.45, 2.75) is 12.0 Å². The van der Waals surface area contributed by atoms with Crippen LogP contribution in [0.25, 0.3) is 0 Å². The Balaban J connectivity index is 2.45. The summed E-state index contributed by atoms with van der Waals surface area (Å²) in [7, 11) is 0. The standard InChI is InChI=1S/C11H9ClF2O2/c12-7-1-2-8-9(15)4-11(5-13,6-14)16-10(8)3-7/h1-3H,4-6H2. The molecule has 2 rings (SSSR count). The monoisotopic (exact) mass is 246 g/mol. The fourth-order valence-corrected chi connectivity index (χ4v) is 1.81. The Bertz CT molecular complexity index is 430. The highest BCUT2D eigenvalue weighted by molar-refractivity contribution is 6.30. The predicted molar refractivity (Wildman–Crippen MR) is 55.7 cm³/mol. The van der Waals surface area contributed by atoms with Crippen LogP contribution in [0.1, 0.15) is 16.8 Å². The van der Waals surface area contributed by atoms with Crippen LogP contribution in [0.2, 0.25) is 5.02 Å². The van der Waals surface area contributed by atoms with Gasteiger partial charge in [0.25, 0.3) is 0 Å². The smallest absolute Gasteiger partial charge is 0.172 e. The molecule has 0 aromatic heterocycles. The van der Waals surface area contributed by atoms with Gasteiger partial charge < -0.3 is 4.74 Å². The van der Waals surface area contributed by atoms with E-state index in [2.05, 4.69) is 0 Å². The van der Waals surface area contributed by atoms with Gasteiger partial charge in [-0.2, -0.15) is 0 Å². The van der Waals surface area contributed by atoms with Gasteiger partial charge in [0.15, 0.2) is 11.4 Å². The summed E-state index contributed by atoms with van der Waals surface area (Å²) in [6, 6.07) is 4.44. The number of halogens is 3. The van der Waals surface area contributed by atoms with Crippen molar-refractivity contribution in [1.29, 1.82) is 0 Å². The maximum Gasteiger partial charge on any atom is 0.172 e. The van der Waals surface area contributed by atoms with E-state index in [0.717, 1.165) is 0 Å². The first kappa shape index (κ1) is 11.3. The first-order valence-electron chi connectivity index (χ1n) is 4.74. The van der Waals surface area contributed by atoms with Gasteiger partial charge in [-0.25, -0.2) is 8.78 Å². The number of ketones is 1. The lowest BCUT2D eigenvalue weighted by atomic mass is 9.92. The van der Waals surface area contributed by atoms with Crippen molar-refractivity contribution in [3.05, 3.63) is 28.8 Å². The van der Waals surface area contributed by atoms with Crippen molar-refractivity contribution in [1.82, 2.24) is 0 Å². The minimum Gasteiger partial charge on any atom is -0.480 e. The van der Waals surface area contributed by atoms with Crippen LogP contribution >= 0.6 is 11.6 Å². The SMILES string of the molecule is O=C1CC(CF)(CF)Oc2cc(Cl)ccc21.